The van der Waals surface area contributed by atoms with Gasteiger partial charge in [0.15, 0.2) is 0 Å². The Morgan fingerprint density at radius 3 is 2.50 bits per heavy atom. The predicted octanol–water partition coefficient (Wildman–Crippen LogP) is 2.43. The maximum absolute atomic E-state index is 12.2. The van der Waals surface area contributed by atoms with Crippen LogP contribution in [0.3, 0.4) is 0 Å². The molecule has 5 nitrogen and oxygen atoms in total. The lowest BCUT2D eigenvalue weighted by Crippen LogP contribution is -2.41. The van der Waals surface area contributed by atoms with Gasteiger partial charge in [0.2, 0.25) is 10.0 Å². The van der Waals surface area contributed by atoms with Crippen LogP contribution in [0.15, 0.2) is 23.1 Å². The van der Waals surface area contributed by atoms with Crippen molar-refractivity contribution >= 4 is 27.6 Å². The highest BCUT2D eigenvalue weighted by Crippen LogP contribution is 2.25. The molecule has 1 aromatic rings. The van der Waals surface area contributed by atoms with Crippen LogP contribution in [-0.2, 0) is 14.8 Å². The molecule has 0 spiro atoms. The number of hydrogen-bond donors (Lipinski definition) is 2. The fourth-order valence-corrected chi connectivity index (χ4v) is 3.53. The first-order chi connectivity index (χ1) is 9.15. The molecule has 112 valence electrons. The standard InChI is InChI=1S/C13H18ClNO4S/c1-8(2)7-10(13(16)17)15-20(18,19)11-6-4-5-9(3)12(11)14/h4-6,8,10,15H,7H2,1-3H3,(H,16,17)/t10-/m1/s1. The Morgan fingerprint density at radius 2 is 2.00 bits per heavy atom. The molecule has 20 heavy (non-hydrogen) atoms. The van der Waals surface area contributed by atoms with Crippen molar-refractivity contribution in [3.05, 3.63) is 28.8 Å². The zero-order chi connectivity index (χ0) is 15.5. The van der Waals surface area contributed by atoms with Crippen LogP contribution < -0.4 is 4.72 Å². The molecule has 0 saturated carbocycles. The lowest BCUT2D eigenvalue weighted by atomic mass is 10.1. The van der Waals surface area contributed by atoms with Gasteiger partial charge in [-0.05, 0) is 30.9 Å². The molecule has 0 fully saturated rings. The first-order valence-electron chi connectivity index (χ1n) is 6.15. The van der Waals surface area contributed by atoms with Crippen LogP contribution >= 0.6 is 11.6 Å². The Hall–Kier alpha value is -1.11. The van der Waals surface area contributed by atoms with Gasteiger partial charge in [0.1, 0.15) is 10.9 Å². The van der Waals surface area contributed by atoms with E-state index in [1.54, 1.807) is 19.1 Å². The van der Waals surface area contributed by atoms with Gasteiger partial charge in [-0.25, -0.2) is 8.42 Å². The van der Waals surface area contributed by atoms with Crippen molar-refractivity contribution < 1.29 is 18.3 Å². The van der Waals surface area contributed by atoms with Crippen LogP contribution in [0, 0.1) is 12.8 Å². The Kier molecular flexibility index (Phi) is 5.56. The van der Waals surface area contributed by atoms with Crippen molar-refractivity contribution in [2.75, 3.05) is 0 Å². The highest BCUT2D eigenvalue weighted by atomic mass is 35.5. The number of halogens is 1. The smallest absolute Gasteiger partial charge is 0.321 e. The summed E-state index contributed by atoms with van der Waals surface area (Å²) in [6.07, 6.45) is 0.206. The number of aliphatic carboxylic acids is 1. The molecule has 2 N–H and O–H groups in total. The summed E-state index contributed by atoms with van der Waals surface area (Å²) in [7, 11) is -3.97. The zero-order valence-corrected chi connectivity index (χ0v) is 13.1. The van der Waals surface area contributed by atoms with Crippen LogP contribution in [0.5, 0.6) is 0 Å². The average molecular weight is 320 g/mol. The van der Waals surface area contributed by atoms with Crippen molar-refractivity contribution in [3.8, 4) is 0 Å². The lowest BCUT2D eigenvalue weighted by Gasteiger charge is -2.17. The van der Waals surface area contributed by atoms with Gasteiger partial charge in [-0.3, -0.25) is 4.79 Å². The van der Waals surface area contributed by atoms with Crippen molar-refractivity contribution in [1.29, 1.82) is 0 Å². The molecule has 0 unspecified atom stereocenters. The summed E-state index contributed by atoms with van der Waals surface area (Å²) in [6.45, 7) is 5.33. The number of nitrogens with one attached hydrogen (secondary N) is 1. The van der Waals surface area contributed by atoms with Gasteiger partial charge in [0.05, 0.1) is 5.02 Å². The second kappa shape index (κ2) is 6.56. The minimum absolute atomic E-state index is 0.0479. The van der Waals surface area contributed by atoms with Gasteiger partial charge >= 0.3 is 5.97 Å². The lowest BCUT2D eigenvalue weighted by molar-refractivity contribution is -0.139. The minimum atomic E-state index is -3.97. The van der Waals surface area contributed by atoms with E-state index in [1.807, 2.05) is 13.8 Å². The molecular weight excluding hydrogens is 302 g/mol. The number of carbonyl (C=O) groups is 1. The van der Waals surface area contributed by atoms with Gasteiger partial charge < -0.3 is 5.11 Å². The molecule has 0 heterocycles. The monoisotopic (exact) mass is 319 g/mol. The number of aryl methyl sites for hydroxylation is 1. The number of rotatable bonds is 6. The summed E-state index contributed by atoms with van der Waals surface area (Å²) in [4.78, 5) is 11.0. The van der Waals surface area contributed by atoms with Crippen LogP contribution in [0.4, 0.5) is 0 Å². The summed E-state index contributed by atoms with van der Waals surface area (Å²) in [5, 5.41) is 9.20. The Balaban J connectivity index is 3.10. The molecular formula is C13H18ClNO4S. The number of hydrogen-bond acceptors (Lipinski definition) is 3. The van der Waals surface area contributed by atoms with Gasteiger partial charge in [-0.2, -0.15) is 4.72 Å². The second-order valence-electron chi connectivity index (χ2n) is 5.03. The van der Waals surface area contributed by atoms with Crippen molar-refractivity contribution in [3.63, 3.8) is 0 Å². The fourth-order valence-electron chi connectivity index (χ4n) is 1.75. The Bertz CT molecular complexity index is 598. The van der Waals surface area contributed by atoms with Gasteiger partial charge in [-0.1, -0.05) is 37.6 Å². The van der Waals surface area contributed by atoms with Crippen LogP contribution in [0.25, 0.3) is 0 Å². The maximum atomic E-state index is 12.2. The quantitative estimate of drug-likeness (QED) is 0.843. The van der Waals surface area contributed by atoms with Crippen LogP contribution in [0.2, 0.25) is 5.02 Å². The Labute approximate surface area is 124 Å². The number of benzene rings is 1. The normalized spacial score (nSPS) is 13.4. The summed E-state index contributed by atoms with van der Waals surface area (Å²) in [5.41, 5.74) is 0.616. The van der Waals surface area contributed by atoms with Crippen LogP contribution in [-0.4, -0.2) is 25.5 Å². The van der Waals surface area contributed by atoms with E-state index in [4.69, 9.17) is 16.7 Å². The van der Waals surface area contributed by atoms with E-state index in [9.17, 15) is 13.2 Å². The summed E-state index contributed by atoms with van der Waals surface area (Å²) in [5.74, 6) is -1.15. The molecule has 1 rings (SSSR count). The van der Waals surface area contributed by atoms with Gasteiger partial charge in [0, 0.05) is 0 Å². The largest absolute Gasteiger partial charge is 0.480 e. The third-order valence-electron chi connectivity index (χ3n) is 2.75. The molecule has 0 aromatic heterocycles. The molecule has 0 aliphatic carbocycles. The topological polar surface area (TPSA) is 83.5 Å². The first kappa shape index (κ1) is 16.9. The molecule has 0 aliphatic rings. The van der Waals surface area contributed by atoms with Gasteiger partial charge in [0.25, 0.3) is 0 Å². The predicted molar refractivity (Wildman–Crippen MR) is 77.4 cm³/mol. The molecule has 0 saturated heterocycles. The molecule has 7 heteroatoms. The molecule has 0 radical (unpaired) electrons. The van der Waals surface area contributed by atoms with E-state index in [0.29, 0.717) is 5.56 Å². The highest BCUT2D eigenvalue weighted by molar-refractivity contribution is 7.89. The van der Waals surface area contributed by atoms with E-state index in [1.165, 1.54) is 6.07 Å². The molecule has 0 bridgehead atoms. The average Bonchev–Trinajstić information content (AvgIpc) is 2.30. The molecule has 1 aromatic carbocycles. The fraction of sp³-hybridized carbons (Fsp3) is 0.462. The van der Waals surface area contributed by atoms with Crippen molar-refractivity contribution in [2.24, 2.45) is 5.92 Å². The third-order valence-corrected chi connectivity index (χ3v) is 4.88. The minimum Gasteiger partial charge on any atom is -0.480 e. The second-order valence-corrected chi connectivity index (χ2v) is 7.09. The number of sulfonamides is 1. The van der Waals surface area contributed by atoms with Gasteiger partial charge in [-0.15, -0.1) is 0 Å². The number of carboxylic acid groups (broad SMARTS) is 1. The zero-order valence-electron chi connectivity index (χ0n) is 11.6. The molecule has 1 atom stereocenters. The Morgan fingerprint density at radius 1 is 1.40 bits per heavy atom. The molecule has 0 amide bonds. The van der Waals surface area contributed by atoms with Crippen LogP contribution in [0.1, 0.15) is 25.8 Å². The van der Waals surface area contributed by atoms with E-state index in [-0.39, 0.29) is 22.3 Å². The maximum Gasteiger partial charge on any atom is 0.321 e. The summed E-state index contributed by atoms with van der Waals surface area (Å²) in [6, 6.07) is 3.43. The van der Waals surface area contributed by atoms with E-state index < -0.39 is 22.0 Å². The van der Waals surface area contributed by atoms with E-state index in [0.717, 1.165) is 0 Å². The highest BCUT2D eigenvalue weighted by Gasteiger charge is 2.27. The van der Waals surface area contributed by atoms with Crippen molar-refractivity contribution in [2.45, 2.75) is 38.1 Å². The number of carboxylic acids is 1. The van der Waals surface area contributed by atoms with E-state index in [2.05, 4.69) is 4.72 Å². The third kappa shape index (κ3) is 4.19. The molecule has 0 aliphatic heterocycles. The first-order valence-corrected chi connectivity index (χ1v) is 8.01. The van der Waals surface area contributed by atoms with E-state index >= 15 is 0 Å². The van der Waals surface area contributed by atoms with Crippen molar-refractivity contribution in [1.82, 2.24) is 4.72 Å². The SMILES string of the molecule is Cc1cccc(S(=O)(=O)N[C@H](CC(C)C)C(=O)O)c1Cl. The summed E-state index contributed by atoms with van der Waals surface area (Å²) >= 11 is 5.98. The summed E-state index contributed by atoms with van der Waals surface area (Å²) < 4.78 is 26.7.